The third-order valence-electron chi connectivity index (χ3n) is 1.60. The molecule has 1 unspecified atom stereocenters. The molecular weight excluding hydrogens is 172 g/mol. The van der Waals surface area contributed by atoms with Gasteiger partial charge in [0.05, 0.1) is 6.04 Å². The van der Waals surface area contributed by atoms with Crippen molar-refractivity contribution >= 4 is 17.7 Å². The van der Waals surface area contributed by atoms with E-state index in [1.807, 2.05) is 6.92 Å². The summed E-state index contributed by atoms with van der Waals surface area (Å²) in [4.78, 5) is 11.3. The van der Waals surface area contributed by atoms with Crippen LogP contribution in [0.3, 0.4) is 0 Å². The van der Waals surface area contributed by atoms with E-state index in [0.29, 0.717) is 6.54 Å². The highest BCUT2D eigenvalue weighted by atomic mass is 32.2. The second-order valence-electron chi connectivity index (χ2n) is 2.95. The molecule has 1 rings (SSSR count). The van der Waals surface area contributed by atoms with Crippen molar-refractivity contribution in [2.24, 2.45) is 0 Å². The van der Waals surface area contributed by atoms with E-state index in [1.165, 1.54) is 0 Å². The van der Waals surface area contributed by atoms with E-state index >= 15 is 0 Å². The summed E-state index contributed by atoms with van der Waals surface area (Å²) in [5.41, 5.74) is 0.981. The van der Waals surface area contributed by atoms with Gasteiger partial charge in [-0.2, -0.15) is 0 Å². The number of hydrogen-bond donors (Lipinski definition) is 2. The van der Waals surface area contributed by atoms with Gasteiger partial charge >= 0.3 is 0 Å². The van der Waals surface area contributed by atoms with E-state index in [9.17, 15) is 4.79 Å². The molecule has 1 saturated heterocycles. The van der Waals surface area contributed by atoms with Crippen molar-refractivity contribution in [2.45, 2.75) is 13.0 Å². The predicted octanol–water partition coefficient (Wildman–Crippen LogP) is 0.341. The molecular formula is C8H14N2OS. The highest BCUT2D eigenvalue weighted by molar-refractivity contribution is 7.99. The monoisotopic (exact) mass is 186 g/mol. The Bertz CT molecular complexity index is 187. The van der Waals surface area contributed by atoms with Crippen molar-refractivity contribution in [3.63, 3.8) is 0 Å². The molecule has 2 N–H and O–H groups in total. The standard InChI is InChI=1S/C8H14N2OS/c1-6(2)3-9-8(11)7-4-12-5-10-7/h7,10H,1,3-5H2,2H3,(H,9,11). The van der Waals surface area contributed by atoms with E-state index in [-0.39, 0.29) is 11.9 Å². The molecule has 1 heterocycles. The van der Waals surface area contributed by atoms with Gasteiger partial charge in [-0.3, -0.25) is 10.1 Å². The molecule has 0 aromatic heterocycles. The van der Waals surface area contributed by atoms with Crippen molar-refractivity contribution in [2.75, 3.05) is 18.2 Å². The van der Waals surface area contributed by atoms with Gasteiger partial charge in [0, 0.05) is 18.2 Å². The lowest BCUT2D eigenvalue weighted by molar-refractivity contribution is -0.122. The molecule has 4 heteroatoms. The van der Waals surface area contributed by atoms with E-state index in [4.69, 9.17) is 0 Å². The molecule has 0 saturated carbocycles. The molecule has 1 fully saturated rings. The minimum atomic E-state index is -0.00523. The summed E-state index contributed by atoms with van der Waals surface area (Å²) in [6.07, 6.45) is 0. The molecule has 0 bridgehead atoms. The third-order valence-corrected chi connectivity index (χ3v) is 2.54. The lowest BCUT2D eigenvalue weighted by atomic mass is 10.3. The number of carbonyl (C=O) groups excluding carboxylic acids is 1. The van der Waals surface area contributed by atoms with E-state index < -0.39 is 0 Å². The van der Waals surface area contributed by atoms with Crippen LogP contribution < -0.4 is 10.6 Å². The summed E-state index contributed by atoms with van der Waals surface area (Å²) in [5.74, 6) is 1.84. The first-order valence-corrected chi connectivity index (χ1v) is 5.09. The number of amides is 1. The fourth-order valence-electron chi connectivity index (χ4n) is 0.925. The summed E-state index contributed by atoms with van der Waals surface area (Å²) in [5, 5.41) is 5.91. The van der Waals surface area contributed by atoms with Gasteiger partial charge in [0.25, 0.3) is 0 Å². The second-order valence-corrected chi connectivity index (χ2v) is 3.98. The highest BCUT2D eigenvalue weighted by Crippen LogP contribution is 2.09. The summed E-state index contributed by atoms with van der Waals surface area (Å²) in [6, 6.07) is -0.00523. The van der Waals surface area contributed by atoms with Gasteiger partial charge in [0.15, 0.2) is 0 Å². The molecule has 0 spiro atoms. The Morgan fingerprint density at radius 3 is 3.08 bits per heavy atom. The first-order valence-electron chi connectivity index (χ1n) is 3.93. The van der Waals surface area contributed by atoms with Crippen LogP contribution in [0.5, 0.6) is 0 Å². The lowest BCUT2D eigenvalue weighted by Gasteiger charge is -2.09. The predicted molar refractivity (Wildman–Crippen MR) is 52.1 cm³/mol. The Morgan fingerprint density at radius 1 is 1.83 bits per heavy atom. The van der Waals surface area contributed by atoms with Crippen LogP contribution in [0.4, 0.5) is 0 Å². The van der Waals surface area contributed by atoms with Gasteiger partial charge in [-0.1, -0.05) is 12.2 Å². The molecule has 0 aromatic carbocycles. The van der Waals surface area contributed by atoms with Crippen molar-refractivity contribution in [3.8, 4) is 0 Å². The quantitative estimate of drug-likeness (QED) is 0.625. The van der Waals surface area contributed by atoms with Crippen LogP contribution in [0.2, 0.25) is 0 Å². The molecule has 68 valence electrons. The zero-order valence-electron chi connectivity index (χ0n) is 7.22. The lowest BCUT2D eigenvalue weighted by Crippen LogP contribution is -2.42. The van der Waals surface area contributed by atoms with Crippen LogP contribution in [-0.2, 0) is 4.79 Å². The molecule has 1 aliphatic rings. The molecule has 0 aromatic rings. The Hall–Kier alpha value is -0.480. The minimum Gasteiger partial charge on any atom is -0.351 e. The topological polar surface area (TPSA) is 41.1 Å². The molecule has 1 atom stereocenters. The van der Waals surface area contributed by atoms with Crippen LogP contribution in [-0.4, -0.2) is 30.1 Å². The summed E-state index contributed by atoms with van der Waals surface area (Å²) in [7, 11) is 0. The Labute approximate surface area is 77.0 Å². The normalized spacial score (nSPS) is 22.2. The number of carbonyl (C=O) groups is 1. The van der Waals surface area contributed by atoms with Gasteiger partial charge in [-0.25, -0.2) is 0 Å². The molecule has 1 amide bonds. The zero-order chi connectivity index (χ0) is 8.97. The van der Waals surface area contributed by atoms with Gasteiger partial charge in [-0.15, -0.1) is 11.8 Å². The van der Waals surface area contributed by atoms with Gasteiger partial charge in [0.2, 0.25) is 5.91 Å². The van der Waals surface area contributed by atoms with Gasteiger partial charge in [-0.05, 0) is 6.92 Å². The Balaban J connectivity index is 2.23. The van der Waals surface area contributed by atoms with Crippen molar-refractivity contribution in [1.82, 2.24) is 10.6 Å². The number of hydrogen-bond acceptors (Lipinski definition) is 3. The Kier molecular flexibility index (Phi) is 3.62. The Morgan fingerprint density at radius 2 is 2.58 bits per heavy atom. The maximum absolute atomic E-state index is 11.3. The zero-order valence-corrected chi connectivity index (χ0v) is 8.04. The van der Waals surface area contributed by atoms with E-state index in [0.717, 1.165) is 17.2 Å². The molecule has 12 heavy (non-hydrogen) atoms. The SMILES string of the molecule is C=C(C)CNC(=O)C1CSCN1. The maximum Gasteiger partial charge on any atom is 0.238 e. The highest BCUT2D eigenvalue weighted by Gasteiger charge is 2.21. The van der Waals surface area contributed by atoms with Crippen LogP contribution in [0.25, 0.3) is 0 Å². The van der Waals surface area contributed by atoms with E-state index in [1.54, 1.807) is 11.8 Å². The largest absolute Gasteiger partial charge is 0.351 e. The minimum absolute atomic E-state index is 0.00523. The number of rotatable bonds is 3. The smallest absolute Gasteiger partial charge is 0.238 e. The third kappa shape index (κ3) is 2.87. The molecule has 0 aliphatic carbocycles. The summed E-state index contributed by atoms with van der Waals surface area (Å²) < 4.78 is 0. The molecule has 3 nitrogen and oxygen atoms in total. The van der Waals surface area contributed by atoms with Gasteiger partial charge in [0.1, 0.15) is 0 Å². The summed E-state index contributed by atoms with van der Waals surface area (Å²) >= 11 is 1.75. The van der Waals surface area contributed by atoms with Crippen LogP contribution in [0.1, 0.15) is 6.92 Å². The van der Waals surface area contributed by atoms with Gasteiger partial charge < -0.3 is 5.32 Å². The average Bonchev–Trinajstić information content (AvgIpc) is 2.51. The van der Waals surface area contributed by atoms with Crippen LogP contribution >= 0.6 is 11.8 Å². The fraction of sp³-hybridized carbons (Fsp3) is 0.625. The second kappa shape index (κ2) is 4.52. The molecule has 1 aliphatic heterocycles. The maximum atomic E-state index is 11.3. The van der Waals surface area contributed by atoms with Crippen molar-refractivity contribution in [3.05, 3.63) is 12.2 Å². The molecule has 0 radical (unpaired) electrons. The van der Waals surface area contributed by atoms with Crippen molar-refractivity contribution < 1.29 is 4.79 Å². The van der Waals surface area contributed by atoms with Crippen LogP contribution in [0, 0.1) is 0 Å². The number of thioether (sulfide) groups is 1. The van der Waals surface area contributed by atoms with Crippen molar-refractivity contribution in [1.29, 1.82) is 0 Å². The number of nitrogens with one attached hydrogen (secondary N) is 2. The first kappa shape index (κ1) is 9.61. The van der Waals surface area contributed by atoms with Crippen LogP contribution in [0.15, 0.2) is 12.2 Å². The summed E-state index contributed by atoms with van der Waals surface area (Å²) in [6.45, 7) is 6.20. The average molecular weight is 186 g/mol. The van der Waals surface area contributed by atoms with E-state index in [2.05, 4.69) is 17.2 Å². The fourth-order valence-corrected chi connectivity index (χ4v) is 1.87. The first-order chi connectivity index (χ1) is 5.70.